The van der Waals surface area contributed by atoms with Crippen molar-refractivity contribution in [1.82, 2.24) is 15.0 Å². The molecule has 0 spiro atoms. The van der Waals surface area contributed by atoms with Crippen LogP contribution in [-0.4, -0.2) is 20.7 Å². The van der Waals surface area contributed by atoms with Crippen molar-refractivity contribution < 1.29 is 10.0 Å². The summed E-state index contributed by atoms with van der Waals surface area (Å²) in [5.74, 6) is -0.569. The summed E-state index contributed by atoms with van der Waals surface area (Å²) >= 11 is 3.37. The fourth-order valence-corrected chi connectivity index (χ4v) is 2.66. The van der Waals surface area contributed by atoms with Gasteiger partial charge in [-0.05, 0) is 35.9 Å². The van der Waals surface area contributed by atoms with E-state index in [9.17, 15) is 9.59 Å². The molecule has 7 heteroatoms. The standard InChI is InChI=1S/C15H12BrN3O3/c16-11-5-6-13-12(7-11)17-15(21)19(13)8-9-1-3-10(4-2-9)14(20)18-22/h1-7,22H,8H2,(H,17,21)(H,18,20). The highest BCUT2D eigenvalue weighted by Gasteiger charge is 2.08. The molecule has 1 heterocycles. The van der Waals surface area contributed by atoms with Crippen LogP contribution in [0.25, 0.3) is 11.0 Å². The van der Waals surface area contributed by atoms with Crippen LogP contribution in [0.5, 0.6) is 0 Å². The van der Waals surface area contributed by atoms with Gasteiger partial charge in [-0.25, -0.2) is 10.3 Å². The van der Waals surface area contributed by atoms with E-state index in [2.05, 4.69) is 20.9 Å². The molecule has 0 radical (unpaired) electrons. The molecule has 3 rings (SSSR count). The van der Waals surface area contributed by atoms with E-state index in [1.54, 1.807) is 34.3 Å². The molecule has 0 atom stereocenters. The molecule has 0 saturated heterocycles. The minimum atomic E-state index is -0.569. The van der Waals surface area contributed by atoms with Crippen molar-refractivity contribution in [3.63, 3.8) is 0 Å². The number of hydrogen-bond donors (Lipinski definition) is 3. The number of carbonyl (C=O) groups is 1. The van der Waals surface area contributed by atoms with Gasteiger partial charge < -0.3 is 4.98 Å². The minimum absolute atomic E-state index is 0.190. The second kappa shape index (κ2) is 5.78. The van der Waals surface area contributed by atoms with Gasteiger partial charge in [0, 0.05) is 10.0 Å². The third kappa shape index (κ3) is 2.68. The first kappa shape index (κ1) is 14.6. The third-order valence-corrected chi connectivity index (χ3v) is 3.89. The zero-order chi connectivity index (χ0) is 15.7. The fourth-order valence-electron chi connectivity index (χ4n) is 2.30. The summed E-state index contributed by atoms with van der Waals surface area (Å²) in [6.45, 7) is 0.390. The molecule has 0 unspecified atom stereocenters. The van der Waals surface area contributed by atoms with Crippen molar-refractivity contribution >= 4 is 32.9 Å². The Labute approximate surface area is 133 Å². The van der Waals surface area contributed by atoms with E-state index in [1.165, 1.54) is 0 Å². The molecule has 0 fully saturated rings. The summed E-state index contributed by atoms with van der Waals surface area (Å²) in [7, 11) is 0. The van der Waals surface area contributed by atoms with Gasteiger partial charge in [0.05, 0.1) is 17.6 Å². The van der Waals surface area contributed by atoms with Gasteiger partial charge in [-0.3, -0.25) is 14.6 Å². The number of halogens is 1. The van der Waals surface area contributed by atoms with Crippen molar-refractivity contribution in [3.8, 4) is 0 Å². The van der Waals surface area contributed by atoms with Crippen molar-refractivity contribution in [2.45, 2.75) is 6.54 Å². The lowest BCUT2D eigenvalue weighted by atomic mass is 10.1. The number of H-pyrrole nitrogens is 1. The molecule has 3 N–H and O–H groups in total. The zero-order valence-corrected chi connectivity index (χ0v) is 12.9. The number of carbonyl (C=O) groups excluding carboxylic acids is 1. The molecule has 0 saturated carbocycles. The Balaban J connectivity index is 1.95. The summed E-state index contributed by atoms with van der Waals surface area (Å²) in [6, 6.07) is 12.3. The van der Waals surface area contributed by atoms with Crippen LogP contribution in [-0.2, 0) is 6.54 Å². The maximum atomic E-state index is 12.1. The van der Waals surface area contributed by atoms with E-state index >= 15 is 0 Å². The molecule has 22 heavy (non-hydrogen) atoms. The molecule has 0 aliphatic heterocycles. The number of hydroxylamine groups is 1. The summed E-state index contributed by atoms with van der Waals surface area (Å²) in [4.78, 5) is 26.2. The lowest BCUT2D eigenvalue weighted by Gasteiger charge is -2.05. The van der Waals surface area contributed by atoms with Gasteiger partial charge in [-0.15, -0.1) is 0 Å². The second-order valence-electron chi connectivity index (χ2n) is 4.82. The summed E-state index contributed by atoms with van der Waals surface area (Å²) < 4.78 is 2.52. The first-order valence-electron chi connectivity index (χ1n) is 6.50. The Morgan fingerprint density at radius 1 is 1.23 bits per heavy atom. The van der Waals surface area contributed by atoms with E-state index in [-0.39, 0.29) is 5.69 Å². The summed E-state index contributed by atoms with van der Waals surface area (Å²) in [5, 5.41) is 8.59. The number of benzene rings is 2. The number of amides is 1. The van der Waals surface area contributed by atoms with Crippen molar-refractivity contribution in [3.05, 3.63) is 68.5 Å². The first-order valence-corrected chi connectivity index (χ1v) is 7.29. The largest absolute Gasteiger partial charge is 0.326 e. The molecular weight excluding hydrogens is 350 g/mol. The average molecular weight is 362 g/mol. The molecule has 1 amide bonds. The van der Waals surface area contributed by atoms with Gasteiger partial charge in [0.15, 0.2) is 0 Å². The maximum Gasteiger partial charge on any atom is 0.326 e. The Bertz CT molecular complexity index is 897. The Morgan fingerprint density at radius 2 is 1.95 bits per heavy atom. The first-order chi connectivity index (χ1) is 10.6. The second-order valence-corrected chi connectivity index (χ2v) is 5.73. The highest BCUT2D eigenvalue weighted by molar-refractivity contribution is 9.10. The number of aromatic amines is 1. The van der Waals surface area contributed by atoms with Crippen molar-refractivity contribution in [1.29, 1.82) is 0 Å². The van der Waals surface area contributed by atoms with Crippen LogP contribution in [0, 0.1) is 0 Å². The molecule has 6 nitrogen and oxygen atoms in total. The zero-order valence-electron chi connectivity index (χ0n) is 11.3. The van der Waals surface area contributed by atoms with Crippen LogP contribution in [0.2, 0.25) is 0 Å². The van der Waals surface area contributed by atoms with E-state index < -0.39 is 5.91 Å². The Kier molecular flexibility index (Phi) is 3.82. The molecular formula is C15H12BrN3O3. The van der Waals surface area contributed by atoms with Crippen LogP contribution in [0.3, 0.4) is 0 Å². The van der Waals surface area contributed by atoms with Gasteiger partial charge in [0.25, 0.3) is 5.91 Å². The summed E-state index contributed by atoms with van der Waals surface area (Å²) in [5.41, 5.74) is 4.19. The lowest BCUT2D eigenvalue weighted by molar-refractivity contribution is 0.0706. The SMILES string of the molecule is O=C(NO)c1ccc(Cn2c(=O)[nH]c3cc(Br)ccc32)cc1. The normalized spacial score (nSPS) is 10.8. The highest BCUT2D eigenvalue weighted by Crippen LogP contribution is 2.18. The number of nitrogens with one attached hydrogen (secondary N) is 2. The lowest BCUT2D eigenvalue weighted by Crippen LogP contribution is -2.19. The Hall–Kier alpha value is -2.38. The van der Waals surface area contributed by atoms with E-state index in [4.69, 9.17) is 5.21 Å². The van der Waals surface area contributed by atoms with Crippen LogP contribution >= 0.6 is 15.9 Å². The highest BCUT2D eigenvalue weighted by atomic mass is 79.9. The van der Waals surface area contributed by atoms with Gasteiger partial charge in [0.1, 0.15) is 0 Å². The number of fused-ring (bicyclic) bond motifs is 1. The number of nitrogens with zero attached hydrogens (tertiary/aromatic N) is 1. The van der Waals surface area contributed by atoms with Crippen LogP contribution in [0.15, 0.2) is 51.7 Å². The molecule has 0 bridgehead atoms. The number of rotatable bonds is 3. The number of imidazole rings is 1. The number of hydrogen-bond acceptors (Lipinski definition) is 3. The quantitative estimate of drug-likeness (QED) is 0.493. The smallest absolute Gasteiger partial charge is 0.305 e. The molecule has 0 aliphatic rings. The van der Waals surface area contributed by atoms with E-state index in [0.717, 1.165) is 21.1 Å². The molecule has 2 aromatic carbocycles. The molecule has 112 valence electrons. The summed E-state index contributed by atoms with van der Waals surface area (Å²) in [6.07, 6.45) is 0. The van der Waals surface area contributed by atoms with Crippen LogP contribution < -0.4 is 11.2 Å². The number of aromatic nitrogens is 2. The predicted molar refractivity (Wildman–Crippen MR) is 85.1 cm³/mol. The third-order valence-electron chi connectivity index (χ3n) is 3.39. The minimum Gasteiger partial charge on any atom is -0.305 e. The van der Waals surface area contributed by atoms with E-state index in [0.29, 0.717) is 12.1 Å². The van der Waals surface area contributed by atoms with Crippen LogP contribution in [0.4, 0.5) is 0 Å². The van der Waals surface area contributed by atoms with Crippen molar-refractivity contribution in [2.75, 3.05) is 0 Å². The van der Waals surface area contributed by atoms with Gasteiger partial charge in [-0.2, -0.15) is 0 Å². The molecule has 1 aromatic heterocycles. The van der Waals surface area contributed by atoms with Crippen molar-refractivity contribution in [2.24, 2.45) is 0 Å². The van der Waals surface area contributed by atoms with Gasteiger partial charge in [-0.1, -0.05) is 28.1 Å². The van der Waals surface area contributed by atoms with Crippen LogP contribution in [0.1, 0.15) is 15.9 Å². The Morgan fingerprint density at radius 3 is 2.64 bits per heavy atom. The van der Waals surface area contributed by atoms with Gasteiger partial charge in [0.2, 0.25) is 0 Å². The average Bonchev–Trinajstić information content (AvgIpc) is 2.82. The monoisotopic (exact) mass is 361 g/mol. The molecule has 0 aliphatic carbocycles. The molecule has 3 aromatic rings. The van der Waals surface area contributed by atoms with Gasteiger partial charge >= 0.3 is 5.69 Å². The van der Waals surface area contributed by atoms with E-state index in [1.807, 2.05) is 18.2 Å². The topological polar surface area (TPSA) is 87.1 Å². The predicted octanol–water partition coefficient (Wildman–Crippen LogP) is 2.26. The maximum absolute atomic E-state index is 12.1. The fraction of sp³-hybridized carbons (Fsp3) is 0.0667.